The molecule has 1 saturated heterocycles. The molecule has 11 nitrogen and oxygen atoms in total. The Bertz CT molecular complexity index is 1160. The average Bonchev–Trinajstić information content (AvgIpc) is 3.51. The Morgan fingerprint density at radius 2 is 1.78 bits per heavy atom. The van der Waals surface area contributed by atoms with Crippen LogP contribution in [0.5, 0.6) is 5.75 Å². The van der Waals surface area contributed by atoms with Gasteiger partial charge in [-0.05, 0) is 46.9 Å². The van der Waals surface area contributed by atoms with Gasteiger partial charge in [-0.15, -0.1) is 0 Å². The summed E-state index contributed by atoms with van der Waals surface area (Å²) < 4.78 is 17.2. The minimum Gasteiger partial charge on any atom is -0.494 e. The van der Waals surface area contributed by atoms with Gasteiger partial charge in [0.05, 0.1) is 19.8 Å². The second kappa shape index (κ2) is 12.2. The van der Waals surface area contributed by atoms with Crippen molar-refractivity contribution in [2.45, 2.75) is 98.0 Å². The zero-order valence-corrected chi connectivity index (χ0v) is 24.7. The van der Waals surface area contributed by atoms with Gasteiger partial charge < -0.3 is 29.5 Å². The fourth-order valence-electron chi connectivity index (χ4n) is 5.55. The molecule has 1 fully saturated rings. The van der Waals surface area contributed by atoms with Crippen molar-refractivity contribution in [3.05, 3.63) is 29.3 Å². The van der Waals surface area contributed by atoms with E-state index in [2.05, 4.69) is 5.32 Å². The first-order chi connectivity index (χ1) is 19.2. The fraction of sp³-hybridized carbons (Fsp3) is 0.667. The number of carbonyl (C=O) groups excluding carboxylic acids is 3. The molecule has 226 valence electrons. The number of alkyl carbamates (subject to hydrolysis) is 1. The number of carbonyl (C=O) groups is 4. The van der Waals surface area contributed by atoms with E-state index >= 15 is 0 Å². The number of benzene rings is 1. The highest BCUT2D eigenvalue weighted by atomic mass is 16.6. The number of nitrogens with one attached hydrogen (secondary N) is 1. The molecule has 1 aromatic rings. The number of carboxylic acid groups (broad SMARTS) is 1. The maximum absolute atomic E-state index is 13.7. The lowest BCUT2D eigenvalue weighted by atomic mass is 9.85. The number of ether oxygens (including phenoxy) is 3. The lowest BCUT2D eigenvalue weighted by molar-refractivity contribution is -0.150. The van der Waals surface area contributed by atoms with E-state index < -0.39 is 47.7 Å². The van der Waals surface area contributed by atoms with Crippen LogP contribution in [0.25, 0.3) is 0 Å². The van der Waals surface area contributed by atoms with Crippen LogP contribution in [-0.2, 0) is 32.2 Å². The van der Waals surface area contributed by atoms with E-state index in [1.165, 1.54) is 4.90 Å². The Balaban J connectivity index is 1.55. The first-order valence-corrected chi connectivity index (χ1v) is 14.4. The Morgan fingerprint density at radius 1 is 1.05 bits per heavy atom. The summed E-state index contributed by atoms with van der Waals surface area (Å²) in [5, 5.41) is 12.6. The van der Waals surface area contributed by atoms with Crippen LogP contribution in [0.1, 0.15) is 77.8 Å². The van der Waals surface area contributed by atoms with Crippen LogP contribution in [0.2, 0.25) is 0 Å². The molecule has 3 heterocycles. The third kappa shape index (κ3) is 7.62. The van der Waals surface area contributed by atoms with Crippen molar-refractivity contribution in [3.63, 3.8) is 0 Å². The molecule has 0 radical (unpaired) electrons. The van der Waals surface area contributed by atoms with Crippen molar-refractivity contribution in [1.29, 1.82) is 0 Å². The normalized spacial score (nSPS) is 26.2. The molecular weight excluding hydrogens is 530 g/mol. The number of cyclic esters (lactones) is 1. The molecule has 0 spiro atoms. The van der Waals surface area contributed by atoms with Crippen LogP contribution in [0, 0.1) is 10.8 Å². The van der Waals surface area contributed by atoms with E-state index in [1.54, 1.807) is 25.7 Å². The predicted octanol–water partition coefficient (Wildman–Crippen LogP) is 4.31. The minimum atomic E-state index is -1.20. The maximum Gasteiger partial charge on any atom is 0.410 e. The third-order valence-electron chi connectivity index (χ3n) is 7.99. The predicted molar refractivity (Wildman–Crippen MR) is 149 cm³/mol. The molecule has 3 aliphatic heterocycles. The molecule has 11 heteroatoms. The molecule has 0 aromatic heterocycles. The first-order valence-electron chi connectivity index (χ1n) is 14.4. The van der Waals surface area contributed by atoms with Crippen molar-refractivity contribution in [2.75, 3.05) is 19.8 Å². The van der Waals surface area contributed by atoms with E-state index in [0.29, 0.717) is 19.7 Å². The van der Waals surface area contributed by atoms with Gasteiger partial charge in [0.2, 0.25) is 5.91 Å². The van der Waals surface area contributed by atoms with Crippen molar-refractivity contribution >= 4 is 24.1 Å². The largest absolute Gasteiger partial charge is 0.494 e. The molecule has 5 bridgehead atoms. The van der Waals surface area contributed by atoms with Crippen LogP contribution in [0.15, 0.2) is 18.2 Å². The zero-order chi connectivity index (χ0) is 29.9. The summed E-state index contributed by atoms with van der Waals surface area (Å²) in [6.07, 6.45) is 1.49. The maximum atomic E-state index is 13.7. The molecule has 4 rings (SSSR count). The van der Waals surface area contributed by atoms with Gasteiger partial charge in [0.15, 0.2) is 0 Å². The number of carboxylic acids is 1. The minimum absolute atomic E-state index is 0.0406. The Morgan fingerprint density at radius 3 is 2.49 bits per heavy atom. The van der Waals surface area contributed by atoms with Gasteiger partial charge in [-0.1, -0.05) is 53.5 Å². The van der Waals surface area contributed by atoms with Crippen molar-refractivity contribution < 1.29 is 38.5 Å². The quantitative estimate of drug-likeness (QED) is 0.508. The number of hydrogen-bond donors (Lipinski definition) is 2. The standard InChI is InChI=1S/C30H43N3O8/c1-29(2,3)24-25(34)33-17-22(14-23(33)26(35)36)41-28(38)32-15-19-9-10-21(13-20(19)16-32)39-12-8-6-7-11-30(4,5)18-40-27(37)31-24/h9-10,13,22-24H,6-8,11-12,14-18H2,1-5H3,(H,31,37)(H,35,36)/t22-,23?,24-/m1/s1. The van der Waals surface area contributed by atoms with Crippen molar-refractivity contribution in [3.8, 4) is 5.75 Å². The second-order valence-electron chi connectivity index (χ2n) is 13.2. The van der Waals surface area contributed by atoms with E-state index in [0.717, 1.165) is 42.6 Å². The van der Waals surface area contributed by atoms with Gasteiger partial charge in [0.25, 0.3) is 0 Å². The van der Waals surface area contributed by atoms with Gasteiger partial charge in [0.1, 0.15) is 23.9 Å². The summed E-state index contributed by atoms with van der Waals surface area (Å²) in [4.78, 5) is 54.5. The van der Waals surface area contributed by atoms with Gasteiger partial charge in [-0.25, -0.2) is 14.4 Å². The molecule has 2 N–H and O–H groups in total. The SMILES string of the molecule is CC1(C)CCCCCOc2ccc3c(c2)CN(C3)C(=O)O[C@@H]2CC(C(=O)O)N(C2)C(=O)[C@H](C(C)(C)C)NC(=O)OC1. The Hall–Kier alpha value is -3.50. The number of nitrogens with zero attached hydrogens (tertiary/aromatic N) is 2. The third-order valence-corrected chi connectivity index (χ3v) is 7.99. The van der Waals surface area contributed by atoms with Gasteiger partial charge >= 0.3 is 18.2 Å². The molecule has 1 aromatic carbocycles. The van der Waals surface area contributed by atoms with Crippen LogP contribution in [-0.4, -0.2) is 76.9 Å². The highest BCUT2D eigenvalue weighted by Gasteiger charge is 2.46. The molecule has 0 saturated carbocycles. The summed E-state index contributed by atoms with van der Waals surface area (Å²) in [7, 11) is 0. The molecule has 3 atom stereocenters. The smallest absolute Gasteiger partial charge is 0.410 e. The summed E-state index contributed by atoms with van der Waals surface area (Å²) in [6.45, 7) is 10.8. The zero-order valence-electron chi connectivity index (χ0n) is 24.7. The van der Waals surface area contributed by atoms with Crippen LogP contribution in [0.3, 0.4) is 0 Å². The molecule has 3 aliphatic rings. The summed E-state index contributed by atoms with van der Waals surface area (Å²) in [6, 6.07) is 3.57. The van der Waals surface area contributed by atoms with Gasteiger partial charge in [0, 0.05) is 19.5 Å². The number of hydrogen-bond acceptors (Lipinski definition) is 7. The van der Waals surface area contributed by atoms with E-state index in [9.17, 15) is 24.3 Å². The number of aliphatic carboxylic acids is 1. The highest BCUT2D eigenvalue weighted by molar-refractivity contribution is 5.90. The van der Waals surface area contributed by atoms with Crippen LogP contribution in [0.4, 0.5) is 9.59 Å². The van der Waals surface area contributed by atoms with Gasteiger partial charge in [-0.3, -0.25) is 9.69 Å². The Labute approximate surface area is 241 Å². The molecule has 0 aliphatic carbocycles. The number of amides is 3. The van der Waals surface area contributed by atoms with Gasteiger partial charge in [-0.2, -0.15) is 0 Å². The van der Waals surface area contributed by atoms with E-state index in [-0.39, 0.29) is 25.0 Å². The van der Waals surface area contributed by atoms with Crippen LogP contribution >= 0.6 is 0 Å². The molecule has 41 heavy (non-hydrogen) atoms. The topological polar surface area (TPSA) is 135 Å². The van der Waals surface area contributed by atoms with Crippen molar-refractivity contribution in [1.82, 2.24) is 15.1 Å². The molecule has 1 unspecified atom stereocenters. The summed E-state index contributed by atoms with van der Waals surface area (Å²) >= 11 is 0. The first kappa shape index (κ1) is 30.5. The summed E-state index contributed by atoms with van der Waals surface area (Å²) in [5.74, 6) is -1.00. The number of fused-ring (bicyclic) bond motifs is 4. The van der Waals surface area contributed by atoms with Crippen molar-refractivity contribution in [2.24, 2.45) is 10.8 Å². The highest BCUT2D eigenvalue weighted by Crippen LogP contribution is 2.31. The average molecular weight is 574 g/mol. The van der Waals surface area contributed by atoms with Crippen LogP contribution < -0.4 is 10.1 Å². The lowest BCUT2D eigenvalue weighted by Crippen LogP contribution is -2.57. The molecule has 3 amide bonds. The lowest BCUT2D eigenvalue weighted by Gasteiger charge is -2.34. The number of rotatable bonds is 1. The molecular formula is C30H43N3O8. The fourth-order valence-corrected chi connectivity index (χ4v) is 5.55. The summed E-state index contributed by atoms with van der Waals surface area (Å²) in [5.41, 5.74) is 0.984. The van der Waals surface area contributed by atoms with E-state index in [4.69, 9.17) is 14.2 Å². The second-order valence-corrected chi connectivity index (χ2v) is 13.2. The monoisotopic (exact) mass is 573 g/mol. The van der Waals surface area contributed by atoms with E-state index in [1.807, 2.05) is 32.0 Å². The Kier molecular flexibility index (Phi) is 9.03.